The first-order valence-electron chi connectivity index (χ1n) is 6.56. The van der Waals surface area contributed by atoms with Crippen LogP contribution in [0.3, 0.4) is 0 Å². The molecule has 0 aromatic heterocycles. The molecule has 0 saturated carbocycles. The average molecular weight is 301 g/mol. The molecule has 0 unspecified atom stereocenters. The fourth-order valence-corrected chi connectivity index (χ4v) is 2.44. The summed E-state index contributed by atoms with van der Waals surface area (Å²) in [5, 5.41) is 2.67. The first-order valence-corrected chi connectivity index (χ1v) is 8.28. The molecule has 0 saturated heterocycles. The minimum Gasteiger partial charge on any atom is -0.493 e. The summed E-state index contributed by atoms with van der Waals surface area (Å²) in [6.07, 6.45) is 0. The lowest BCUT2D eigenvalue weighted by molar-refractivity contribution is 0.311. The van der Waals surface area contributed by atoms with Gasteiger partial charge in [0.15, 0.2) is 21.3 Å². The van der Waals surface area contributed by atoms with Crippen molar-refractivity contribution >= 4 is 9.84 Å². The summed E-state index contributed by atoms with van der Waals surface area (Å²) in [4.78, 5) is 0. The fourth-order valence-electron chi connectivity index (χ4n) is 1.65. The van der Waals surface area contributed by atoms with Gasteiger partial charge in [0.1, 0.15) is 6.61 Å². The summed E-state index contributed by atoms with van der Waals surface area (Å²) in [6.45, 7) is 4.20. The van der Waals surface area contributed by atoms with Crippen molar-refractivity contribution in [2.24, 2.45) is 0 Å². The maximum absolute atomic E-state index is 11.7. The van der Waals surface area contributed by atoms with Crippen LogP contribution in [0.1, 0.15) is 19.4 Å². The molecule has 0 aliphatic rings. The molecule has 0 fully saturated rings. The van der Waals surface area contributed by atoms with Crippen molar-refractivity contribution in [2.75, 3.05) is 26.5 Å². The van der Waals surface area contributed by atoms with Gasteiger partial charge >= 0.3 is 0 Å². The molecule has 6 heteroatoms. The molecule has 1 aromatic rings. The molecule has 114 valence electrons. The second-order valence-electron chi connectivity index (χ2n) is 4.78. The van der Waals surface area contributed by atoms with Crippen LogP contribution in [0, 0.1) is 0 Å². The van der Waals surface area contributed by atoms with Gasteiger partial charge in [-0.05, 0) is 38.6 Å². The van der Waals surface area contributed by atoms with Crippen LogP contribution < -0.4 is 14.8 Å². The Balaban J connectivity index is 2.69. The maximum Gasteiger partial charge on any atom is 0.161 e. The highest BCUT2D eigenvalue weighted by Gasteiger charge is 2.16. The van der Waals surface area contributed by atoms with Gasteiger partial charge in [0.2, 0.25) is 0 Å². The highest BCUT2D eigenvalue weighted by Crippen LogP contribution is 2.28. The van der Waals surface area contributed by atoms with Crippen molar-refractivity contribution in [3.05, 3.63) is 23.8 Å². The van der Waals surface area contributed by atoms with Gasteiger partial charge in [0.25, 0.3) is 0 Å². The van der Waals surface area contributed by atoms with E-state index in [-0.39, 0.29) is 17.6 Å². The van der Waals surface area contributed by atoms with E-state index in [2.05, 4.69) is 5.32 Å². The van der Waals surface area contributed by atoms with Gasteiger partial charge in [-0.15, -0.1) is 0 Å². The molecule has 0 amide bonds. The minimum absolute atomic E-state index is 0.00604. The summed E-state index contributed by atoms with van der Waals surface area (Å²) in [5.41, 5.74) is 1.08. The topological polar surface area (TPSA) is 64.6 Å². The molecular weight excluding hydrogens is 278 g/mol. The third-order valence-corrected chi connectivity index (χ3v) is 5.12. The van der Waals surface area contributed by atoms with Crippen molar-refractivity contribution in [1.29, 1.82) is 0 Å². The molecule has 1 rings (SSSR count). The number of ether oxygens (including phenoxy) is 2. The number of rotatable bonds is 8. The van der Waals surface area contributed by atoms with Gasteiger partial charge in [0, 0.05) is 6.54 Å². The van der Waals surface area contributed by atoms with E-state index in [9.17, 15) is 8.42 Å². The lowest BCUT2D eigenvalue weighted by Crippen LogP contribution is -2.22. The minimum atomic E-state index is -3.08. The maximum atomic E-state index is 11.7. The van der Waals surface area contributed by atoms with E-state index >= 15 is 0 Å². The van der Waals surface area contributed by atoms with Crippen molar-refractivity contribution < 1.29 is 17.9 Å². The zero-order valence-corrected chi connectivity index (χ0v) is 13.3. The third-order valence-electron chi connectivity index (χ3n) is 2.95. The van der Waals surface area contributed by atoms with Gasteiger partial charge < -0.3 is 14.8 Å². The average Bonchev–Trinajstić information content (AvgIpc) is 2.40. The molecule has 0 bridgehead atoms. The molecule has 1 aromatic carbocycles. The molecule has 20 heavy (non-hydrogen) atoms. The Morgan fingerprint density at radius 1 is 1.25 bits per heavy atom. The van der Waals surface area contributed by atoms with Crippen molar-refractivity contribution in [3.8, 4) is 11.5 Å². The van der Waals surface area contributed by atoms with E-state index in [4.69, 9.17) is 9.47 Å². The predicted molar refractivity (Wildman–Crippen MR) is 80.2 cm³/mol. The highest BCUT2D eigenvalue weighted by molar-refractivity contribution is 7.91. The zero-order chi connectivity index (χ0) is 15.2. The van der Waals surface area contributed by atoms with Crippen LogP contribution in [-0.2, 0) is 16.4 Å². The van der Waals surface area contributed by atoms with Crippen LogP contribution in [0.2, 0.25) is 0 Å². The van der Waals surface area contributed by atoms with Crippen LogP contribution in [-0.4, -0.2) is 40.2 Å². The third kappa shape index (κ3) is 4.68. The molecule has 0 aliphatic carbocycles. The van der Waals surface area contributed by atoms with Gasteiger partial charge in [-0.25, -0.2) is 8.42 Å². The van der Waals surface area contributed by atoms with E-state index in [1.807, 2.05) is 19.2 Å². The van der Waals surface area contributed by atoms with Crippen LogP contribution >= 0.6 is 0 Å². The SMILES string of the molecule is CNCc1ccc(OCCS(=O)(=O)C(C)C)c(OC)c1. The van der Waals surface area contributed by atoms with E-state index in [1.165, 1.54) is 0 Å². The van der Waals surface area contributed by atoms with Crippen LogP contribution in [0.15, 0.2) is 18.2 Å². The summed E-state index contributed by atoms with van der Waals surface area (Å²) < 4.78 is 34.2. The van der Waals surface area contributed by atoms with Crippen LogP contribution in [0.4, 0.5) is 0 Å². The zero-order valence-electron chi connectivity index (χ0n) is 12.5. The van der Waals surface area contributed by atoms with Crippen molar-refractivity contribution in [1.82, 2.24) is 5.32 Å². The van der Waals surface area contributed by atoms with E-state index < -0.39 is 9.84 Å². The van der Waals surface area contributed by atoms with Gasteiger partial charge in [-0.3, -0.25) is 0 Å². The Morgan fingerprint density at radius 3 is 2.50 bits per heavy atom. The number of methoxy groups -OCH3 is 1. The van der Waals surface area contributed by atoms with Crippen molar-refractivity contribution in [3.63, 3.8) is 0 Å². The highest BCUT2D eigenvalue weighted by atomic mass is 32.2. The molecule has 0 spiro atoms. The smallest absolute Gasteiger partial charge is 0.161 e. The Labute approximate surface area is 121 Å². The number of hydrogen-bond donors (Lipinski definition) is 1. The summed E-state index contributed by atoms with van der Waals surface area (Å²) in [6, 6.07) is 5.60. The number of nitrogens with one attached hydrogen (secondary N) is 1. The Hall–Kier alpha value is -1.27. The Kier molecular flexibility index (Phi) is 6.29. The lowest BCUT2D eigenvalue weighted by atomic mass is 10.2. The molecule has 0 heterocycles. The second-order valence-corrected chi connectivity index (χ2v) is 7.46. The molecule has 0 atom stereocenters. The van der Waals surface area contributed by atoms with E-state index in [1.54, 1.807) is 27.0 Å². The molecule has 1 N–H and O–H groups in total. The number of hydrogen-bond acceptors (Lipinski definition) is 5. The first kappa shape index (κ1) is 16.8. The Morgan fingerprint density at radius 2 is 1.95 bits per heavy atom. The van der Waals surface area contributed by atoms with Crippen LogP contribution in [0.5, 0.6) is 11.5 Å². The van der Waals surface area contributed by atoms with E-state index in [0.717, 1.165) is 12.1 Å². The monoisotopic (exact) mass is 301 g/mol. The standard InChI is InChI=1S/C14H23NO4S/c1-11(2)20(16,17)8-7-19-13-6-5-12(10-15-3)9-14(13)18-4/h5-6,9,11,15H,7-8,10H2,1-4H3. The quantitative estimate of drug-likeness (QED) is 0.790. The number of sulfone groups is 1. The Bertz CT molecular complexity index is 526. The fraction of sp³-hybridized carbons (Fsp3) is 0.571. The van der Waals surface area contributed by atoms with Crippen molar-refractivity contribution in [2.45, 2.75) is 25.6 Å². The van der Waals surface area contributed by atoms with Gasteiger partial charge in [-0.1, -0.05) is 6.07 Å². The van der Waals surface area contributed by atoms with Gasteiger partial charge in [0.05, 0.1) is 18.1 Å². The van der Waals surface area contributed by atoms with E-state index in [0.29, 0.717) is 11.5 Å². The normalized spacial score (nSPS) is 11.7. The molecular formula is C14H23NO4S. The largest absolute Gasteiger partial charge is 0.493 e. The second kappa shape index (κ2) is 7.50. The summed E-state index contributed by atoms with van der Waals surface area (Å²) >= 11 is 0. The number of benzene rings is 1. The summed E-state index contributed by atoms with van der Waals surface area (Å²) in [7, 11) is 0.354. The first-order chi connectivity index (χ1) is 9.40. The molecule has 5 nitrogen and oxygen atoms in total. The lowest BCUT2D eigenvalue weighted by Gasteiger charge is -2.13. The summed E-state index contributed by atoms with van der Waals surface area (Å²) in [5.74, 6) is 1.18. The predicted octanol–water partition coefficient (Wildman–Crippen LogP) is 1.62. The molecule has 0 radical (unpaired) electrons. The van der Waals surface area contributed by atoms with Crippen LogP contribution in [0.25, 0.3) is 0 Å². The van der Waals surface area contributed by atoms with Gasteiger partial charge in [-0.2, -0.15) is 0 Å². The molecule has 0 aliphatic heterocycles.